The number of anilines is 1. The Balaban J connectivity index is 2.40. The number of rotatable bonds is 6. The maximum absolute atomic E-state index is 12.4. The van der Waals surface area contributed by atoms with Crippen molar-refractivity contribution in [3.05, 3.63) is 23.8 Å². The second-order valence-electron chi connectivity index (χ2n) is 5.81. The third-order valence-electron chi connectivity index (χ3n) is 3.96. The van der Waals surface area contributed by atoms with Crippen molar-refractivity contribution in [2.45, 2.75) is 17.7 Å². The Labute approximate surface area is 147 Å². The normalized spacial score (nSPS) is 14.6. The molecule has 0 radical (unpaired) electrons. The minimum absolute atomic E-state index is 0.00883. The van der Waals surface area contributed by atoms with E-state index in [4.69, 9.17) is 4.74 Å². The summed E-state index contributed by atoms with van der Waals surface area (Å²) in [5.41, 5.74) is 0.721. The average molecular weight is 370 g/mol. The number of esters is 2. The van der Waals surface area contributed by atoms with Gasteiger partial charge in [-0.3, -0.25) is 0 Å². The predicted molar refractivity (Wildman–Crippen MR) is 91.1 cm³/mol. The lowest BCUT2D eigenvalue weighted by Gasteiger charge is -2.22. The highest BCUT2D eigenvalue weighted by Gasteiger charge is 2.25. The van der Waals surface area contributed by atoms with Crippen LogP contribution in [0, 0.1) is 0 Å². The summed E-state index contributed by atoms with van der Waals surface area (Å²) < 4.78 is 35.2. The number of hydrogen-bond acceptors (Lipinski definition) is 7. The van der Waals surface area contributed by atoms with E-state index < -0.39 is 28.6 Å². The summed E-state index contributed by atoms with van der Waals surface area (Å²) in [4.78, 5) is 25.6. The zero-order valence-electron chi connectivity index (χ0n) is 14.5. The molecule has 8 nitrogen and oxygen atoms in total. The van der Waals surface area contributed by atoms with E-state index in [9.17, 15) is 18.0 Å². The van der Waals surface area contributed by atoms with Crippen LogP contribution in [0.4, 0.5) is 5.69 Å². The SMILES string of the molecule is COC(=O)COC(=O)c1cc(S(=O)(=O)N(C)C)ccc1N1CCCC1. The van der Waals surface area contributed by atoms with Crippen LogP contribution in [0.3, 0.4) is 0 Å². The molecule has 1 saturated heterocycles. The first-order chi connectivity index (χ1) is 11.8. The number of carbonyl (C=O) groups is 2. The van der Waals surface area contributed by atoms with Crippen LogP contribution in [0.2, 0.25) is 0 Å². The Morgan fingerprint density at radius 3 is 2.40 bits per heavy atom. The minimum atomic E-state index is -3.69. The number of sulfonamides is 1. The maximum Gasteiger partial charge on any atom is 0.344 e. The van der Waals surface area contributed by atoms with E-state index >= 15 is 0 Å². The van der Waals surface area contributed by atoms with Crippen LogP contribution in [-0.2, 0) is 24.3 Å². The van der Waals surface area contributed by atoms with Gasteiger partial charge < -0.3 is 14.4 Å². The molecule has 2 rings (SSSR count). The van der Waals surface area contributed by atoms with Crippen LogP contribution in [0.25, 0.3) is 0 Å². The van der Waals surface area contributed by atoms with E-state index in [1.807, 2.05) is 4.90 Å². The molecule has 1 aliphatic heterocycles. The van der Waals surface area contributed by atoms with Crippen molar-refractivity contribution in [2.24, 2.45) is 0 Å². The molecule has 1 aliphatic rings. The zero-order valence-corrected chi connectivity index (χ0v) is 15.3. The fourth-order valence-electron chi connectivity index (χ4n) is 2.54. The number of nitrogens with zero attached hydrogens (tertiary/aromatic N) is 2. The molecule has 1 aromatic carbocycles. The summed E-state index contributed by atoms with van der Waals surface area (Å²) in [6.07, 6.45) is 1.99. The predicted octanol–water partition coefficient (Wildman–Crippen LogP) is 0.867. The van der Waals surface area contributed by atoms with Gasteiger partial charge in [-0.05, 0) is 31.0 Å². The van der Waals surface area contributed by atoms with E-state index in [2.05, 4.69) is 4.74 Å². The zero-order chi connectivity index (χ0) is 18.6. The van der Waals surface area contributed by atoms with Gasteiger partial charge in [0.25, 0.3) is 0 Å². The lowest BCUT2D eigenvalue weighted by Crippen LogP contribution is -2.25. The fraction of sp³-hybridized carbons (Fsp3) is 0.500. The summed E-state index contributed by atoms with van der Waals surface area (Å²) >= 11 is 0. The Hall–Kier alpha value is -2.13. The van der Waals surface area contributed by atoms with Gasteiger partial charge in [0.15, 0.2) is 6.61 Å². The highest BCUT2D eigenvalue weighted by atomic mass is 32.2. The molecule has 9 heteroatoms. The minimum Gasteiger partial charge on any atom is -0.466 e. The van der Waals surface area contributed by atoms with Crippen LogP contribution in [0.15, 0.2) is 23.1 Å². The van der Waals surface area contributed by atoms with Gasteiger partial charge in [-0.15, -0.1) is 0 Å². The largest absolute Gasteiger partial charge is 0.466 e. The van der Waals surface area contributed by atoms with Crippen LogP contribution in [-0.4, -0.2) is 65.6 Å². The van der Waals surface area contributed by atoms with Gasteiger partial charge in [0.1, 0.15) is 0 Å². The maximum atomic E-state index is 12.4. The summed E-state index contributed by atoms with van der Waals surface area (Å²) in [5.74, 6) is -1.45. The Morgan fingerprint density at radius 2 is 1.84 bits per heavy atom. The second kappa shape index (κ2) is 7.83. The molecule has 0 aromatic heterocycles. The highest BCUT2D eigenvalue weighted by molar-refractivity contribution is 7.89. The van der Waals surface area contributed by atoms with Crippen molar-refractivity contribution >= 4 is 27.6 Å². The van der Waals surface area contributed by atoms with Gasteiger partial charge in [-0.2, -0.15) is 0 Å². The first-order valence-electron chi connectivity index (χ1n) is 7.83. The van der Waals surface area contributed by atoms with Crippen molar-refractivity contribution in [3.8, 4) is 0 Å². The number of ether oxygens (including phenoxy) is 2. The van der Waals surface area contributed by atoms with E-state index in [0.717, 1.165) is 30.2 Å². The molecular formula is C16H22N2O6S. The molecule has 0 atom stereocenters. The molecule has 0 aliphatic carbocycles. The van der Waals surface area contributed by atoms with Crippen molar-refractivity contribution in [2.75, 3.05) is 45.8 Å². The van der Waals surface area contributed by atoms with Gasteiger partial charge in [0.05, 0.1) is 23.3 Å². The Morgan fingerprint density at radius 1 is 1.20 bits per heavy atom. The summed E-state index contributed by atoms with van der Waals surface area (Å²) in [7, 11) is 0.328. The molecule has 0 amide bonds. The van der Waals surface area contributed by atoms with Crippen molar-refractivity contribution in [1.29, 1.82) is 0 Å². The van der Waals surface area contributed by atoms with Gasteiger partial charge in [0.2, 0.25) is 10.0 Å². The van der Waals surface area contributed by atoms with Gasteiger partial charge in [-0.1, -0.05) is 0 Å². The standard InChI is InChI=1S/C16H22N2O6S/c1-17(2)25(21,22)12-6-7-14(18-8-4-5-9-18)13(10-12)16(20)24-11-15(19)23-3/h6-7,10H,4-5,8-9,11H2,1-3H3. The Bertz CT molecular complexity index is 754. The Kier molecular flexibility index (Phi) is 6.02. The van der Waals surface area contributed by atoms with Gasteiger partial charge >= 0.3 is 11.9 Å². The highest BCUT2D eigenvalue weighted by Crippen LogP contribution is 2.28. The number of benzene rings is 1. The number of hydrogen-bond donors (Lipinski definition) is 0. The molecule has 0 N–H and O–H groups in total. The number of carbonyl (C=O) groups excluding carboxylic acids is 2. The molecule has 0 unspecified atom stereocenters. The van der Waals surface area contributed by atoms with E-state index in [1.165, 1.54) is 33.3 Å². The van der Waals surface area contributed by atoms with Crippen molar-refractivity contribution < 1.29 is 27.5 Å². The van der Waals surface area contributed by atoms with E-state index in [1.54, 1.807) is 6.07 Å². The molecule has 1 fully saturated rings. The molecule has 25 heavy (non-hydrogen) atoms. The summed E-state index contributed by atoms with van der Waals surface area (Å²) in [5, 5.41) is 0. The average Bonchev–Trinajstić information content (AvgIpc) is 3.12. The molecule has 0 spiro atoms. The lowest BCUT2D eigenvalue weighted by atomic mass is 10.1. The topological polar surface area (TPSA) is 93.2 Å². The first-order valence-corrected chi connectivity index (χ1v) is 9.27. The van der Waals surface area contributed by atoms with Gasteiger partial charge in [0, 0.05) is 27.2 Å². The third kappa shape index (κ3) is 4.29. The van der Waals surface area contributed by atoms with Crippen LogP contribution in [0.1, 0.15) is 23.2 Å². The van der Waals surface area contributed by atoms with Crippen LogP contribution < -0.4 is 4.90 Å². The summed E-state index contributed by atoms with van der Waals surface area (Å²) in [6, 6.07) is 4.37. The molecule has 138 valence electrons. The monoisotopic (exact) mass is 370 g/mol. The van der Waals surface area contributed by atoms with Crippen molar-refractivity contribution in [3.63, 3.8) is 0 Å². The van der Waals surface area contributed by atoms with E-state index in [-0.39, 0.29) is 10.5 Å². The fourth-order valence-corrected chi connectivity index (χ4v) is 3.47. The van der Waals surface area contributed by atoms with E-state index in [0.29, 0.717) is 5.69 Å². The molecular weight excluding hydrogens is 348 g/mol. The summed E-state index contributed by atoms with van der Waals surface area (Å²) in [6.45, 7) is 1.02. The number of methoxy groups -OCH3 is 1. The molecule has 1 heterocycles. The second-order valence-corrected chi connectivity index (χ2v) is 7.96. The quantitative estimate of drug-likeness (QED) is 0.686. The lowest BCUT2D eigenvalue weighted by molar-refractivity contribution is -0.144. The smallest absolute Gasteiger partial charge is 0.344 e. The first kappa shape index (κ1) is 19.2. The molecule has 0 bridgehead atoms. The van der Waals surface area contributed by atoms with Crippen molar-refractivity contribution in [1.82, 2.24) is 4.31 Å². The van der Waals surface area contributed by atoms with Crippen LogP contribution in [0.5, 0.6) is 0 Å². The third-order valence-corrected chi connectivity index (χ3v) is 5.77. The van der Waals surface area contributed by atoms with Gasteiger partial charge in [-0.25, -0.2) is 22.3 Å². The molecule has 1 aromatic rings. The van der Waals surface area contributed by atoms with Crippen LogP contribution >= 0.6 is 0 Å². The molecule has 0 saturated carbocycles.